The number of ether oxygens (including phenoxy) is 2. The Bertz CT molecular complexity index is 1040. The van der Waals surface area contributed by atoms with Gasteiger partial charge in [-0.2, -0.15) is 0 Å². The van der Waals surface area contributed by atoms with Crippen molar-refractivity contribution in [3.05, 3.63) is 89.0 Å². The van der Waals surface area contributed by atoms with E-state index in [1.54, 1.807) is 31.2 Å². The number of carbonyl (C=O) groups is 1. The lowest BCUT2D eigenvalue weighted by molar-refractivity contribution is -0.130. The second kappa shape index (κ2) is 8.91. The molecule has 0 amide bonds. The van der Waals surface area contributed by atoms with Crippen molar-refractivity contribution in [1.29, 1.82) is 0 Å². The van der Waals surface area contributed by atoms with Crippen LogP contribution in [0.15, 0.2) is 83.4 Å². The molecule has 2 unspecified atom stereocenters. The van der Waals surface area contributed by atoms with Gasteiger partial charge in [0, 0.05) is 30.5 Å². The molecule has 1 heterocycles. The van der Waals surface area contributed by atoms with E-state index in [0.29, 0.717) is 36.8 Å². The molecular formula is C27H30FNO3. The number of benzene rings is 2. The predicted molar refractivity (Wildman–Crippen MR) is 122 cm³/mol. The van der Waals surface area contributed by atoms with Crippen LogP contribution in [0.3, 0.4) is 0 Å². The van der Waals surface area contributed by atoms with Crippen molar-refractivity contribution in [3.8, 4) is 5.75 Å². The molecule has 1 fully saturated rings. The summed E-state index contributed by atoms with van der Waals surface area (Å²) in [5, 5.41) is 0. The third-order valence-corrected chi connectivity index (χ3v) is 6.31. The number of nitrogens with zero attached hydrogens (tertiary/aromatic N) is 1. The largest absolute Gasteiger partial charge is 0.492 e. The van der Waals surface area contributed by atoms with Gasteiger partial charge in [-0.1, -0.05) is 48.5 Å². The first-order valence-corrected chi connectivity index (χ1v) is 11.1. The van der Waals surface area contributed by atoms with Crippen LogP contribution >= 0.6 is 0 Å². The fourth-order valence-corrected chi connectivity index (χ4v) is 4.46. The van der Waals surface area contributed by atoms with E-state index in [4.69, 9.17) is 9.47 Å². The molecule has 0 saturated carbocycles. The first-order valence-electron chi connectivity index (χ1n) is 11.1. The van der Waals surface area contributed by atoms with Crippen LogP contribution in [0.4, 0.5) is 4.39 Å². The van der Waals surface area contributed by atoms with Gasteiger partial charge in [0.05, 0.1) is 0 Å². The van der Waals surface area contributed by atoms with Gasteiger partial charge in [0.25, 0.3) is 0 Å². The third-order valence-electron chi connectivity index (χ3n) is 6.31. The Hall–Kier alpha value is -2.92. The number of halogens is 1. The van der Waals surface area contributed by atoms with Crippen molar-refractivity contribution in [2.45, 2.75) is 39.8 Å². The smallest absolute Gasteiger partial charge is 0.347 e. The van der Waals surface area contributed by atoms with Gasteiger partial charge >= 0.3 is 5.97 Å². The second-order valence-corrected chi connectivity index (χ2v) is 9.48. The van der Waals surface area contributed by atoms with Crippen molar-refractivity contribution in [2.75, 3.05) is 13.1 Å². The molecule has 2 atom stereocenters. The topological polar surface area (TPSA) is 38.8 Å². The first kappa shape index (κ1) is 22.3. The second-order valence-electron chi connectivity index (χ2n) is 9.48. The summed E-state index contributed by atoms with van der Waals surface area (Å²) >= 11 is 0. The van der Waals surface area contributed by atoms with E-state index in [2.05, 4.69) is 25.7 Å². The normalized spacial score (nSPS) is 21.5. The maximum atomic E-state index is 15.5. The van der Waals surface area contributed by atoms with Crippen molar-refractivity contribution in [1.82, 2.24) is 4.90 Å². The highest BCUT2D eigenvalue weighted by Crippen LogP contribution is 2.46. The Morgan fingerprint density at radius 3 is 2.22 bits per heavy atom. The summed E-state index contributed by atoms with van der Waals surface area (Å²) in [6.07, 6.45) is 0. The van der Waals surface area contributed by atoms with E-state index in [9.17, 15) is 4.79 Å². The van der Waals surface area contributed by atoms with Gasteiger partial charge in [-0.15, -0.1) is 0 Å². The number of carbonyl (C=O) groups excluding carboxylic acids is 1. The molecule has 0 N–H and O–H groups in total. The maximum Gasteiger partial charge on any atom is 0.347 e. The van der Waals surface area contributed by atoms with E-state index in [-0.39, 0.29) is 28.8 Å². The Balaban J connectivity index is 1.72. The highest BCUT2D eigenvalue weighted by Gasteiger charge is 2.48. The van der Waals surface area contributed by atoms with Crippen molar-refractivity contribution >= 4 is 5.97 Å². The highest BCUT2D eigenvalue weighted by atomic mass is 19.1. The standard InChI is InChI=1S/C27H30FNO3/c1-18-23(26(30)32-20-13-9-6-10-14-20)25(31-17-19-11-7-5-8-12-19)22-16-29(27(2,3)4)15-21(22)24(18)28/h5-14,21-22H,15-17H2,1-4H3. The van der Waals surface area contributed by atoms with Gasteiger partial charge in [0.2, 0.25) is 0 Å². The fraction of sp³-hybridized carbons (Fsp3) is 0.370. The van der Waals surface area contributed by atoms with Crippen LogP contribution < -0.4 is 4.74 Å². The van der Waals surface area contributed by atoms with Crippen molar-refractivity contribution < 1.29 is 18.7 Å². The summed E-state index contributed by atoms with van der Waals surface area (Å²) in [5.41, 5.74) is 1.40. The number of hydrogen-bond donors (Lipinski definition) is 0. The molecule has 2 aromatic rings. The van der Waals surface area contributed by atoms with Crippen molar-refractivity contribution in [3.63, 3.8) is 0 Å². The Morgan fingerprint density at radius 1 is 1.00 bits per heavy atom. The van der Waals surface area contributed by atoms with Crippen LogP contribution in [0, 0.1) is 11.8 Å². The molecule has 0 radical (unpaired) electrons. The Labute approximate surface area is 189 Å². The van der Waals surface area contributed by atoms with Gasteiger partial charge in [-0.05, 0) is 51.0 Å². The molecule has 4 rings (SSSR count). The molecule has 2 aliphatic rings. The SMILES string of the molecule is CC1=C(F)C2CN(C(C)(C)C)CC2C(OCc2ccccc2)=C1C(=O)Oc1ccccc1. The summed E-state index contributed by atoms with van der Waals surface area (Å²) in [5.74, 6) is -0.433. The monoisotopic (exact) mass is 435 g/mol. The minimum absolute atomic E-state index is 0.110. The van der Waals surface area contributed by atoms with E-state index in [0.717, 1.165) is 5.56 Å². The summed E-state index contributed by atoms with van der Waals surface area (Å²) in [7, 11) is 0. The summed E-state index contributed by atoms with van der Waals surface area (Å²) in [6, 6.07) is 18.6. The predicted octanol–water partition coefficient (Wildman–Crippen LogP) is 5.67. The van der Waals surface area contributed by atoms with Crippen LogP contribution in [0.2, 0.25) is 0 Å². The molecule has 2 aromatic carbocycles. The van der Waals surface area contributed by atoms with Crippen LogP contribution in [0.1, 0.15) is 33.3 Å². The lowest BCUT2D eigenvalue weighted by Gasteiger charge is -2.32. The van der Waals surface area contributed by atoms with Gasteiger partial charge in [0.15, 0.2) is 0 Å². The molecule has 0 aromatic heterocycles. The number of rotatable bonds is 5. The number of fused-ring (bicyclic) bond motifs is 1. The van der Waals surface area contributed by atoms with E-state index in [1.807, 2.05) is 36.4 Å². The molecule has 0 spiro atoms. The lowest BCUT2D eigenvalue weighted by Crippen LogP contribution is -2.39. The van der Waals surface area contributed by atoms with E-state index in [1.165, 1.54) is 0 Å². The van der Waals surface area contributed by atoms with Crippen LogP contribution in [0.25, 0.3) is 0 Å². The molecule has 5 heteroatoms. The number of hydrogen-bond acceptors (Lipinski definition) is 4. The van der Waals surface area contributed by atoms with Gasteiger partial charge < -0.3 is 9.47 Å². The fourth-order valence-electron chi connectivity index (χ4n) is 4.46. The number of esters is 1. The van der Waals surface area contributed by atoms with Crippen LogP contribution in [-0.2, 0) is 16.1 Å². The Kier molecular flexibility index (Phi) is 6.20. The molecule has 32 heavy (non-hydrogen) atoms. The average molecular weight is 436 g/mol. The van der Waals surface area contributed by atoms with Gasteiger partial charge in [-0.3, -0.25) is 4.90 Å². The molecule has 1 saturated heterocycles. The summed E-state index contributed by atoms with van der Waals surface area (Å²) in [4.78, 5) is 15.5. The summed E-state index contributed by atoms with van der Waals surface area (Å²) < 4.78 is 27.4. The zero-order valence-electron chi connectivity index (χ0n) is 19.1. The average Bonchev–Trinajstić information content (AvgIpc) is 3.23. The molecular weight excluding hydrogens is 405 g/mol. The van der Waals surface area contributed by atoms with Gasteiger partial charge in [0.1, 0.15) is 29.5 Å². The maximum absolute atomic E-state index is 15.5. The first-order chi connectivity index (χ1) is 15.3. The van der Waals surface area contributed by atoms with Crippen molar-refractivity contribution in [2.24, 2.45) is 11.8 Å². The Morgan fingerprint density at radius 2 is 1.59 bits per heavy atom. The minimum atomic E-state index is -0.584. The number of likely N-dealkylation sites (tertiary alicyclic amines) is 1. The number of para-hydroxylation sites is 1. The molecule has 0 bridgehead atoms. The van der Waals surface area contributed by atoms with E-state index < -0.39 is 5.97 Å². The summed E-state index contributed by atoms with van der Waals surface area (Å²) in [6.45, 7) is 9.55. The zero-order valence-corrected chi connectivity index (χ0v) is 19.1. The lowest BCUT2D eigenvalue weighted by atomic mass is 9.82. The van der Waals surface area contributed by atoms with E-state index >= 15 is 4.39 Å². The molecule has 1 aliphatic carbocycles. The zero-order chi connectivity index (χ0) is 22.9. The quantitative estimate of drug-likeness (QED) is 0.448. The molecule has 1 aliphatic heterocycles. The third kappa shape index (κ3) is 4.49. The van der Waals surface area contributed by atoms with Crippen LogP contribution in [-0.4, -0.2) is 29.5 Å². The van der Waals surface area contributed by atoms with Crippen LogP contribution in [0.5, 0.6) is 5.75 Å². The highest BCUT2D eigenvalue weighted by molar-refractivity contribution is 5.96. The molecule has 168 valence electrons. The molecule has 4 nitrogen and oxygen atoms in total. The minimum Gasteiger partial charge on any atom is -0.492 e. The van der Waals surface area contributed by atoms with Gasteiger partial charge in [-0.25, -0.2) is 9.18 Å².